The van der Waals surface area contributed by atoms with Crippen LogP contribution in [0.2, 0.25) is 0 Å². The molecule has 344 valence electrons. The quantitative estimate of drug-likeness (QED) is 0.122. The number of halogens is 2. The maximum atomic E-state index is 3.25. The Balaban J connectivity index is 0.000000168. The smallest absolute Gasteiger partial charge is 1.00 e. The van der Waals surface area contributed by atoms with Crippen LogP contribution >= 0.6 is 0 Å². The zero-order valence-electron chi connectivity index (χ0n) is 40.3. The molecule has 0 saturated heterocycles. The third kappa shape index (κ3) is 12.8. The van der Waals surface area contributed by atoms with E-state index in [9.17, 15) is 0 Å². The van der Waals surface area contributed by atoms with E-state index in [1.807, 2.05) is 0 Å². The summed E-state index contributed by atoms with van der Waals surface area (Å²) in [7, 11) is 0. The average Bonchev–Trinajstić information content (AvgIpc) is 4.22. The minimum atomic E-state index is 0. The molecule has 0 N–H and O–H groups in total. The van der Waals surface area contributed by atoms with E-state index in [-0.39, 0.29) is 24.8 Å². The Bertz CT molecular complexity index is 2980. The summed E-state index contributed by atoms with van der Waals surface area (Å²) >= 11 is 3.50. The Morgan fingerprint density at radius 2 is 0.443 bits per heavy atom. The van der Waals surface area contributed by atoms with Gasteiger partial charge in [0.2, 0.25) is 0 Å². The van der Waals surface area contributed by atoms with Crippen LogP contribution in [0.25, 0.3) is 87.6 Å². The number of hydrogen-bond acceptors (Lipinski definition) is 0. The Kier molecular flexibility index (Phi) is 21.5. The Morgan fingerprint density at radius 1 is 0.257 bits per heavy atom. The van der Waals surface area contributed by atoms with E-state index in [4.69, 9.17) is 0 Å². The molecule has 0 aliphatic carbocycles. The van der Waals surface area contributed by atoms with Crippen molar-refractivity contribution in [1.82, 2.24) is 0 Å². The average molecular weight is 1020 g/mol. The summed E-state index contributed by atoms with van der Waals surface area (Å²) in [6.07, 6.45) is 0. The maximum absolute atomic E-state index is 3.25. The fourth-order valence-electron chi connectivity index (χ4n) is 9.22. The van der Waals surface area contributed by atoms with Crippen molar-refractivity contribution in [2.24, 2.45) is 0 Å². The van der Waals surface area contributed by atoms with Gasteiger partial charge in [-0.2, -0.15) is 46.5 Å². The summed E-state index contributed by atoms with van der Waals surface area (Å²) in [5, 5.41) is 10.9. The monoisotopic (exact) mass is 1010 g/mol. The number of rotatable bonds is 4. The molecule has 12 rings (SSSR count). The third-order valence-corrected chi connectivity index (χ3v) is 12.4. The van der Waals surface area contributed by atoms with Crippen molar-refractivity contribution < 1.29 is 64.8 Å². The van der Waals surface area contributed by atoms with Gasteiger partial charge in [0.1, 0.15) is 0 Å². The predicted octanol–water partition coefficient (Wildman–Crippen LogP) is 12.1. The van der Waals surface area contributed by atoms with Gasteiger partial charge in [-0.05, 0) is 22.3 Å². The Labute approximate surface area is 450 Å². The molecule has 0 heterocycles. The van der Waals surface area contributed by atoms with Gasteiger partial charge in [0.05, 0.1) is 0 Å². The van der Waals surface area contributed by atoms with Gasteiger partial charge in [0.25, 0.3) is 0 Å². The van der Waals surface area contributed by atoms with Gasteiger partial charge in [0.15, 0.2) is 0 Å². The molecule has 0 aliphatic rings. The van der Waals surface area contributed by atoms with Crippen LogP contribution in [0.15, 0.2) is 243 Å². The number of benzene rings is 8. The first-order valence-electron chi connectivity index (χ1n) is 23.0. The van der Waals surface area contributed by atoms with Gasteiger partial charge in [0, 0.05) is 0 Å². The van der Waals surface area contributed by atoms with Crippen LogP contribution in [0.5, 0.6) is 0 Å². The third-order valence-electron chi connectivity index (χ3n) is 12.4. The van der Waals surface area contributed by atoms with E-state index in [1.165, 1.54) is 110 Å². The van der Waals surface area contributed by atoms with Crippen molar-refractivity contribution >= 4 is 52.7 Å². The maximum Gasteiger partial charge on any atom is -1.00 e. The van der Waals surface area contributed by atoms with E-state index in [2.05, 4.69) is 280 Å². The van der Waals surface area contributed by atoms with Crippen molar-refractivity contribution in [1.29, 1.82) is 0 Å². The van der Waals surface area contributed by atoms with Gasteiger partial charge < -0.3 is 24.8 Å². The summed E-state index contributed by atoms with van der Waals surface area (Å²) in [4.78, 5) is 6.50. The van der Waals surface area contributed by atoms with E-state index in [0.29, 0.717) is 0 Å². The van der Waals surface area contributed by atoms with Gasteiger partial charge in [-0.15, -0.1) is 116 Å². The van der Waals surface area contributed by atoms with Crippen LogP contribution in [0.4, 0.5) is 0 Å². The van der Waals surface area contributed by atoms with E-state index in [1.54, 1.807) is 39.9 Å². The van der Waals surface area contributed by atoms with Crippen molar-refractivity contribution in [2.75, 3.05) is 0 Å². The number of aryl methyl sites for hydroxylation is 4. The topological polar surface area (TPSA) is 0 Å². The van der Waals surface area contributed by atoms with E-state index < -0.39 is 0 Å². The number of hydrogen-bond donors (Lipinski definition) is 0. The summed E-state index contributed by atoms with van der Waals surface area (Å²) in [6.45, 7) is 8.70. The summed E-state index contributed by atoms with van der Waals surface area (Å²) in [5.41, 5.74) is 15.9. The fourth-order valence-corrected chi connectivity index (χ4v) is 9.22. The Morgan fingerprint density at radius 3 is 0.629 bits per heavy atom. The minimum absolute atomic E-state index is 0. The van der Waals surface area contributed by atoms with Gasteiger partial charge in [-0.25, -0.2) is 0 Å². The molecule has 0 saturated carbocycles. The van der Waals surface area contributed by atoms with Gasteiger partial charge in [-0.1, -0.05) is 196 Å². The first kappa shape index (κ1) is 54.9. The van der Waals surface area contributed by atoms with Crippen molar-refractivity contribution in [2.45, 2.75) is 27.7 Å². The molecule has 0 amide bonds. The summed E-state index contributed by atoms with van der Waals surface area (Å²) in [6, 6.07) is 85.8. The second kappa shape index (κ2) is 27.4. The van der Waals surface area contributed by atoms with Crippen LogP contribution in [-0.2, 0) is 39.9 Å². The predicted molar refractivity (Wildman–Crippen MR) is 293 cm³/mol. The first-order valence-corrected chi connectivity index (χ1v) is 25.2. The molecule has 4 heteroatoms. The van der Waals surface area contributed by atoms with E-state index >= 15 is 0 Å². The molecule has 0 aromatic heterocycles. The molecular formula is C66H56Cl2Ti2-2. The zero-order chi connectivity index (χ0) is 47.8. The molecule has 70 heavy (non-hydrogen) atoms. The molecule has 0 fully saturated rings. The van der Waals surface area contributed by atoms with Crippen molar-refractivity contribution in [3.8, 4) is 44.5 Å². The second-order valence-electron chi connectivity index (χ2n) is 16.6. The van der Waals surface area contributed by atoms with Crippen LogP contribution < -0.4 is 24.8 Å². The minimum Gasteiger partial charge on any atom is -1.00 e. The summed E-state index contributed by atoms with van der Waals surface area (Å²) < 4.78 is 0. The van der Waals surface area contributed by atoms with Crippen LogP contribution in [0.1, 0.15) is 22.3 Å². The zero-order valence-corrected chi connectivity index (χ0v) is 44.9. The van der Waals surface area contributed by atoms with Crippen LogP contribution in [0, 0.1) is 27.7 Å². The first-order chi connectivity index (χ1) is 33.4. The normalized spacial score (nSPS) is 10.1. The molecular weight excluding hydrogens is 959 g/mol. The molecule has 0 spiro atoms. The SMILES string of the molecule is Cc1c[cH-]c2cccc(-c3ccccc3)c12.Cc1c[cH-]c2cccc(-c3ccccc3)c12.Cc1c[cH-]c2cccc(-c3ccccc3)c12.Cc1c[cH-]c2cccc(-c3ccccc3)c12.[CH2]=[Ti+2].[CH2]=[Ti+2].[Cl-].[Cl-]. The molecule has 0 aliphatic heterocycles. The molecule has 0 nitrogen and oxygen atoms in total. The molecule has 0 atom stereocenters. The largest absolute Gasteiger partial charge is 1.00 e. The van der Waals surface area contributed by atoms with Gasteiger partial charge in [-0.3, -0.25) is 0 Å². The Hall–Kier alpha value is -6.05. The molecule has 0 radical (unpaired) electrons. The molecule has 0 bridgehead atoms. The molecule has 12 aromatic carbocycles. The standard InChI is InChI=1S/4C16H13.2CH2.2ClH.2Ti/c4*1-12-10-11-14-8-5-9-15(16(12)14)13-6-3-2-4-7-13;;;;;;/h4*2-11H,1H3;2*1H2;2*1H;;/q4*-1;;;;;2*+2/p-2. The molecule has 0 unspecified atom stereocenters. The van der Waals surface area contributed by atoms with Crippen molar-refractivity contribution in [3.05, 3.63) is 265 Å². The van der Waals surface area contributed by atoms with Gasteiger partial charge >= 0.3 is 49.6 Å². The fraction of sp³-hybridized carbons (Fsp3) is 0.0606. The van der Waals surface area contributed by atoms with Crippen LogP contribution in [0.3, 0.4) is 0 Å². The van der Waals surface area contributed by atoms with Crippen molar-refractivity contribution in [3.63, 3.8) is 0 Å². The molecule has 12 aromatic rings. The second-order valence-corrected chi connectivity index (χ2v) is 16.6. The number of fused-ring (bicyclic) bond motifs is 4. The van der Waals surface area contributed by atoms with E-state index in [0.717, 1.165) is 0 Å². The summed E-state index contributed by atoms with van der Waals surface area (Å²) in [5.74, 6) is 0. The van der Waals surface area contributed by atoms with Crippen LogP contribution in [-0.4, -0.2) is 9.63 Å².